The van der Waals surface area contributed by atoms with E-state index < -0.39 is 6.04 Å². The van der Waals surface area contributed by atoms with Crippen molar-refractivity contribution in [1.29, 1.82) is 0 Å². The van der Waals surface area contributed by atoms with E-state index in [1.807, 2.05) is 30.3 Å². The lowest BCUT2D eigenvalue weighted by Gasteiger charge is -2.28. The van der Waals surface area contributed by atoms with Crippen LogP contribution in [0.3, 0.4) is 0 Å². The van der Waals surface area contributed by atoms with Crippen molar-refractivity contribution in [1.82, 2.24) is 5.32 Å². The van der Waals surface area contributed by atoms with Gasteiger partial charge in [0.05, 0.1) is 12.1 Å². The van der Waals surface area contributed by atoms with E-state index in [4.69, 9.17) is 5.73 Å². The standard InChI is InChI=1S/C16H24N2O2/c17-14(10-12-6-2-1-3-7-12)16(20)18-11-13-8-4-5-9-15(13)19/h1-3,6-7,13-15,19H,4-5,8-11,17H2,(H,18,20). The maximum absolute atomic E-state index is 12.0. The van der Waals surface area contributed by atoms with Gasteiger partial charge in [0.25, 0.3) is 0 Å². The lowest BCUT2D eigenvalue weighted by atomic mass is 9.86. The summed E-state index contributed by atoms with van der Waals surface area (Å²) in [6.45, 7) is 0.530. The van der Waals surface area contributed by atoms with Crippen molar-refractivity contribution in [2.45, 2.75) is 44.2 Å². The minimum absolute atomic E-state index is 0.133. The van der Waals surface area contributed by atoms with E-state index in [9.17, 15) is 9.90 Å². The fraction of sp³-hybridized carbons (Fsp3) is 0.562. The molecule has 4 N–H and O–H groups in total. The smallest absolute Gasteiger partial charge is 0.237 e. The first-order valence-corrected chi connectivity index (χ1v) is 7.42. The normalized spacial score (nSPS) is 24.1. The lowest BCUT2D eigenvalue weighted by molar-refractivity contribution is -0.122. The molecule has 20 heavy (non-hydrogen) atoms. The van der Waals surface area contributed by atoms with Gasteiger partial charge in [-0.2, -0.15) is 0 Å². The van der Waals surface area contributed by atoms with Gasteiger partial charge in [0.15, 0.2) is 0 Å². The first-order chi connectivity index (χ1) is 9.66. The molecule has 110 valence electrons. The van der Waals surface area contributed by atoms with Gasteiger partial charge in [-0.3, -0.25) is 4.79 Å². The minimum atomic E-state index is -0.530. The van der Waals surface area contributed by atoms with Gasteiger partial charge in [0.2, 0.25) is 5.91 Å². The summed E-state index contributed by atoms with van der Waals surface area (Å²) in [4.78, 5) is 12.0. The number of benzene rings is 1. The van der Waals surface area contributed by atoms with Crippen LogP contribution in [0.2, 0.25) is 0 Å². The van der Waals surface area contributed by atoms with Crippen LogP contribution >= 0.6 is 0 Å². The Bertz CT molecular complexity index is 422. The Morgan fingerprint density at radius 2 is 2.00 bits per heavy atom. The molecule has 0 radical (unpaired) electrons. The molecule has 3 atom stereocenters. The van der Waals surface area contributed by atoms with E-state index in [0.29, 0.717) is 13.0 Å². The Kier molecular flexibility index (Phi) is 5.56. The van der Waals surface area contributed by atoms with Gasteiger partial charge in [0, 0.05) is 12.5 Å². The highest BCUT2D eigenvalue weighted by molar-refractivity contribution is 5.81. The number of amides is 1. The molecule has 2 rings (SSSR count). The van der Waals surface area contributed by atoms with Gasteiger partial charge < -0.3 is 16.2 Å². The van der Waals surface area contributed by atoms with Gasteiger partial charge in [0.1, 0.15) is 0 Å². The number of carbonyl (C=O) groups excluding carboxylic acids is 1. The van der Waals surface area contributed by atoms with Crippen LogP contribution in [-0.2, 0) is 11.2 Å². The zero-order valence-electron chi connectivity index (χ0n) is 11.8. The van der Waals surface area contributed by atoms with E-state index in [1.165, 1.54) is 0 Å². The molecular weight excluding hydrogens is 252 g/mol. The SMILES string of the molecule is NC(Cc1ccccc1)C(=O)NCC1CCCCC1O. The summed E-state index contributed by atoms with van der Waals surface area (Å²) < 4.78 is 0. The molecular formula is C16H24N2O2. The van der Waals surface area contributed by atoms with Gasteiger partial charge in [-0.25, -0.2) is 0 Å². The van der Waals surface area contributed by atoms with Gasteiger partial charge in [-0.05, 0) is 24.8 Å². The van der Waals surface area contributed by atoms with E-state index >= 15 is 0 Å². The second-order valence-electron chi connectivity index (χ2n) is 5.65. The number of hydrogen-bond donors (Lipinski definition) is 3. The molecule has 1 aliphatic carbocycles. The van der Waals surface area contributed by atoms with Crippen molar-refractivity contribution in [3.05, 3.63) is 35.9 Å². The van der Waals surface area contributed by atoms with E-state index in [-0.39, 0.29) is 17.9 Å². The Balaban J connectivity index is 1.76. The Morgan fingerprint density at radius 3 is 2.70 bits per heavy atom. The molecule has 4 nitrogen and oxygen atoms in total. The van der Waals surface area contributed by atoms with Crippen LogP contribution in [-0.4, -0.2) is 29.7 Å². The van der Waals surface area contributed by atoms with E-state index in [2.05, 4.69) is 5.32 Å². The molecule has 1 aliphatic rings. The minimum Gasteiger partial charge on any atom is -0.393 e. The predicted octanol–water partition coefficient (Wildman–Crippen LogP) is 1.22. The molecule has 1 saturated carbocycles. The molecule has 0 saturated heterocycles. The van der Waals surface area contributed by atoms with Crippen LogP contribution < -0.4 is 11.1 Å². The van der Waals surface area contributed by atoms with Crippen molar-refractivity contribution in [3.63, 3.8) is 0 Å². The quantitative estimate of drug-likeness (QED) is 0.757. The van der Waals surface area contributed by atoms with Crippen molar-refractivity contribution < 1.29 is 9.90 Å². The third kappa shape index (κ3) is 4.32. The summed E-state index contributed by atoms with van der Waals surface area (Å²) >= 11 is 0. The molecule has 0 aliphatic heterocycles. The molecule has 3 unspecified atom stereocenters. The molecule has 0 heterocycles. The number of nitrogens with one attached hydrogen (secondary N) is 1. The number of hydrogen-bond acceptors (Lipinski definition) is 3. The van der Waals surface area contributed by atoms with Crippen molar-refractivity contribution in [3.8, 4) is 0 Å². The highest BCUT2D eigenvalue weighted by Crippen LogP contribution is 2.23. The highest BCUT2D eigenvalue weighted by Gasteiger charge is 2.24. The topological polar surface area (TPSA) is 75.4 Å². The van der Waals surface area contributed by atoms with Crippen LogP contribution in [0.4, 0.5) is 0 Å². The number of aliphatic hydroxyl groups is 1. The second kappa shape index (κ2) is 7.41. The first-order valence-electron chi connectivity index (χ1n) is 7.42. The lowest BCUT2D eigenvalue weighted by Crippen LogP contribution is -2.45. The second-order valence-corrected chi connectivity index (χ2v) is 5.65. The maximum Gasteiger partial charge on any atom is 0.237 e. The summed E-state index contributed by atoms with van der Waals surface area (Å²) in [5.41, 5.74) is 6.99. The first kappa shape index (κ1) is 15.0. The summed E-state index contributed by atoms with van der Waals surface area (Å²) in [5, 5.41) is 12.8. The largest absolute Gasteiger partial charge is 0.393 e. The summed E-state index contributed by atoms with van der Waals surface area (Å²) in [6.07, 6.45) is 4.30. The van der Waals surface area contributed by atoms with Crippen molar-refractivity contribution >= 4 is 5.91 Å². The number of nitrogens with two attached hydrogens (primary N) is 1. The number of aliphatic hydroxyl groups excluding tert-OH is 1. The van der Waals surface area contributed by atoms with E-state index in [0.717, 1.165) is 31.2 Å². The predicted molar refractivity (Wildman–Crippen MR) is 79.1 cm³/mol. The fourth-order valence-electron chi connectivity index (χ4n) is 2.75. The average Bonchev–Trinajstić information content (AvgIpc) is 2.47. The van der Waals surface area contributed by atoms with Crippen LogP contribution in [0, 0.1) is 5.92 Å². The van der Waals surface area contributed by atoms with Crippen LogP contribution in [0.25, 0.3) is 0 Å². The van der Waals surface area contributed by atoms with Crippen molar-refractivity contribution in [2.75, 3.05) is 6.54 Å². The molecule has 1 aromatic rings. The molecule has 1 amide bonds. The molecule has 1 fully saturated rings. The molecule has 1 aromatic carbocycles. The zero-order valence-corrected chi connectivity index (χ0v) is 11.8. The van der Waals surface area contributed by atoms with Crippen LogP contribution in [0.5, 0.6) is 0 Å². The van der Waals surface area contributed by atoms with E-state index in [1.54, 1.807) is 0 Å². The monoisotopic (exact) mass is 276 g/mol. The maximum atomic E-state index is 12.0. The molecule has 0 spiro atoms. The average molecular weight is 276 g/mol. The van der Waals surface area contributed by atoms with Crippen LogP contribution in [0.15, 0.2) is 30.3 Å². The third-order valence-corrected chi connectivity index (χ3v) is 4.04. The summed E-state index contributed by atoms with van der Waals surface area (Å²) in [6, 6.07) is 9.24. The Labute approximate surface area is 120 Å². The third-order valence-electron chi connectivity index (χ3n) is 4.04. The van der Waals surface area contributed by atoms with Crippen molar-refractivity contribution in [2.24, 2.45) is 11.7 Å². The summed E-state index contributed by atoms with van der Waals surface area (Å²) in [7, 11) is 0. The molecule has 0 bridgehead atoms. The Hall–Kier alpha value is -1.39. The van der Waals surface area contributed by atoms with Crippen LogP contribution in [0.1, 0.15) is 31.2 Å². The number of carbonyl (C=O) groups is 1. The zero-order chi connectivity index (χ0) is 14.4. The van der Waals surface area contributed by atoms with Gasteiger partial charge in [-0.15, -0.1) is 0 Å². The highest BCUT2D eigenvalue weighted by atomic mass is 16.3. The molecule has 4 heteroatoms. The Morgan fingerprint density at radius 1 is 1.30 bits per heavy atom. The van der Waals surface area contributed by atoms with Gasteiger partial charge in [-0.1, -0.05) is 43.2 Å². The molecule has 0 aromatic heterocycles. The number of rotatable bonds is 5. The van der Waals surface area contributed by atoms with Gasteiger partial charge >= 0.3 is 0 Å². The summed E-state index contributed by atoms with van der Waals surface area (Å²) in [5.74, 6) is 0.0447. The fourth-order valence-corrected chi connectivity index (χ4v) is 2.75.